The van der Waals surface area contributed by atoms with E-state index < -0.39 is 0 Å². The number of nitrogens with two attached hydrogens (primary N) is 1. The number of benzene rings is 1. The van der Waals surface area contributed by atoms with Crippen LogP contribution in [0.25, 0.3) is 0 Å². The first-order valence-corrected chi connectivity index (χ1v) is 5.67. The van der Waals surface area contributed by atoms with Crippen LogP contribution >= 0.6 is 0 Å². The van der Waals surface area contributed by atoms with E-state index in [1.54, 1.807) is 0 Å². The van der Waals surface area contributed by atoms with Crippen molar-refractivity contribution in [2.24, 2.45) is 5.73 Å². The van der Waals surface area contributed by atoms with Gasteiger partial charge in [0.05, 0.1) is 0 Å². The lowest BCUT2D eigenvalue weighted by atomic mass is 10.0. The Morgan fingerprint density at radius 3 is 2.80 bits per heavy atom. The van der Waals surface area contributed by atoms with Gasteiger partial charge in [0.15, 0.2) is 0 Å². The number of hydrogen-bond donors (Lipinski definition) is 1. The van der Waals surface area contributed by atoms with Gasteiger partial charge in [-0.2, -0.15) is 0 Å². The van der Waals surface area contributed by atoms with E-state index in [0.29, 0.717) is 6.04 Å². The number of hydrogen-bond acceptors (Lipinski definition) is 2. The van der Waals surface area contributed by atoms with Crippen molar-refractivity contribution in [3.63, 3.8) is 0 Å². The number of anilines is 1. The molecule has 1 unspecified atom stereocenters. The number of likely N-dealkylation sites (N-methyl/N-ethyl adjacent to an activating group) is 1. The molecule has 1 atom stereocenters. The summed E-state index contributed by atoms with van der Waals surface area (Å²) in [6, 6.07) is 5.10. The zero-order chi connectivity index (χ0) is 11.0. The molecule has 0 spiro atoms. The van der Waals surface area contributed by atoms with Crippen molar-refractivity contribution in [3.05, 3.63) is 28.8 Å². The van der Waals surface area contributed by atoms with Crippen molar-refractivity contribution >= 4 is 5.69 Å². The molecule has 2 N–H and O–H groups in total. The Morgan fingerprint density at radius 1 is 1.40 bits per heavy atom. The van der Waals surface area contributed by atoms with E-state index in [1.807, 2.05) is 0 Å². The highest BCUT2D eigenvalue weighted by Crippen LogP contribution is 2.36. The lowest BCUT2D eigenvalue weighted by molar-refractivity contribution is 0.616. The van der Waals surface area contributed by atoms with E-state index >= 15 is 0 Å². The molecule has 1 heterocycles. The Bertz CT molecular complexity index is 371. The van der Waals surface area contributed by atoms with Gasteiger partial charge in [-0.25, -0.2) is 0 Å². The van der Waals surface area contributed by atoms with Crippen molar-refractivity contribution in [1.29, 1.82) is 0 Å². The summed E-state index contributed by atoms with van der Waals surface area (Å²) in [4.78, 5) is 2.41. The van der Waals surface area contributed by atoms with Gasteiger partial charge in [0.2, 0.25) is 0 Å². The zero-order valence-electron chi connectivity index (χ0n) is 9.88. The SMILES string of the molecule is Cc1ccc2c(c1C)N(C)C(CCN)C2. The van der Waals surface area contributed by atoms with Crippen molar-refractivity contribution in [2.45, 2.75) is 32.7 Å². The molecular formula is C13H20N2. The molecule has 0 amide bonds. The van der Waals surface area contributed by atoms with Crippen LogP contribution in [0.1, 0.15) is 23.1 Å². The molecule has 82 valence electrons. The summed E-state index contributed by atoms with van der Waals surface area (Å²) in [7, 11) is 2.19. The minimum atomic E-state index is 0.602. The summed E-state index contributed by atoms with van der Waals surface area (Å²) in [5.41, 5.74) is 11.4. The minimum Gasteiger partial charge on any atom is -0.371 e. The average molecular weight is 204 g/mol. The van der Waals surface area contributed by atoms with E-state index in [4.69, 9.17) is 5.73 Å². The molecule has 2 nitrogen and oxygen atoms in total. The Hall–Kier alpha value is -1.02. The lowest BCUT2D eigenvalue weighted by Crippen LogP contribution is -2.30. The van der Waals surface area contributed by atoms with Crippen LogP contribution in [-0.4, -0.2) is 19.6 Å². The molecule has 2 rings (SSSR count). The third-order valence-electron chi connectivity index (χ3n) is 3.64. The van der Waals surface area contributed by atoms with Crippen LogP contribution in [0.15, 0.2) is 12.1 Å². The molecule has 0 bridgehead atoms. The predicted molar refractivity (Wildman–Crippen MR) is 65.5 cm³/mol. The first kappa shape index (κ1) is 10.5. The fourth-order valence-corrected chi connectivity index (χ4v) is 2.57. The standard InChI is InChI=1S/C13H20N2/c1-9-4-5-11-8-12(6-7-14)15(3)13(11)10(9)2/h4-5,12H,6-8,14H2,1-3H3. The second-order valence-corrected chi connectivity index (χ2v) is 4.56. The molecule has 0 saturated carbocycles. The first-order chi connectivity index (χ1) is 7.15. The maximum Gasteiger partial charge on any atom is 0.0431 e. The molecule has 0 saturated heterocycles. The minimum absolute atomic E-state index is 0.602. The largest absolute Gasteiger partial charge is 0.371 e. The normalized spacial score (nSPS) is 19.5. The van der Waals surface area contributed by atoms with Gasteiger partial charge < -0.3 is 10.6 Å². The quantitative estimate of drug-likeness (QED) is 0.798. The van der Waals surface area contributed by atoms with Crippen LogP contribution in [0.5, 0.6) is 0 Å². The first-order valence-electron chi connectivity index (χ1n) is 5.67. The maximum absolute atomic E-state index is 5.65. The third kappa shape index (κ3) is 1.63. The fraction of sp³-hybridized carbons (Fsp3) is 0.538. The van der Waals surface area contributed by atoms with E-state index in [-0.39, 0.29) is 0 Å². The number of nitrogens with zero attached hydrogens (tertiary/aromatic N) is 1. The monoisotopic (exact) mass is 204 g/mol. The lowest BCUT2D eigenvalue weighted by Gasteiger charge is -2.23. The van der Waals surface area contributed by atoms with E-state index in [9.17, 15) is 0 Å². The van der Waals surface area contributed by atoms with Crippen LogP contribution in [-0.2, 0) is 6.42 Å². The Morgan fingerprint density at radius 2 is 2.13 bits per heavy atom. The topological polar surface area (TPSA) is 29.3 Å². The van der Waals surface area contributed by atoms with E-state index in [2.05, 4.69) is 37.9 Å². The average Bonchev–Trinajstić information content (AvgIpc) is 2.52. The predicted octanol–water partition coefficient (Wildman–Crippen LogP) is 2.01. The van der Waals surface area contributed by atoms with Crippen LogP contribution in [0, 0.1) is 13.8 Å². The van der Waals surface area contributed by atoms with E-state index in [0.717, 1.165) is 19.4 Å². The molecular weight excluding hydrogens is 184 g/mol. The van der Waals surface area contributed by atoms with Gasteiger partial charge in [-0.3, -0.25) is 0 Å². The summed E-state index contributed by atoms with van der Waals surface area (Å²) >= 11 is 0. The molecule has 1 aromatic rings. The summed E-state index contributed by atoms with van der Waals surface area (Å²) in [5.74, 6) is 0. The number of aryl methyl sites for hydroxylation is 1. The summed E-state index contributed by atoms with van der Waals surface area (Å²) in [6.45, 7) is 5.18. The molecule has 0 radical (unpaired) electrons. The van der Waals surface area contributed by atoms with E-state index in [1.165, 1.54) is 22.4 Å². The molecule has 15 heavy (non-hydrogen) atoms. The third-order valence-corrected chi connectivity index (χ3v) is 3.64. The maximum atomic E-state index is 5.65. The van der Waals surface area contributed by atoms with Gasteiger partial charge in [-0.1, -0.05) is 12.1 Å². The van der Waals surface area contributed by atoms with Crippen LogP contribution in [0.2, 0.25) is 0 Å². The van der Waals surface area contributed by atoms with Crippen molar-refractivity contribution in [3.8, 4) is 0 Å². The molecule has 1 aliphatic heterocycles. The molecule has 0 aromatic heterocycles. The van der Waals surface area contributed by atoms with Gasteiger partial charge in [0.25, 0.3) is 0 Å². The fourth-order valence-electron chi connectivity index (χ4n) is 2.57. The summed E-state index contributed by atoms with van der Waals surface area (Å²) in [5, 5.41) is 0. The van der Waals surface area contributed by atoms with Crippen LogP contribution in [0.4, 0.5) is 5.69 Å². The Kier molecular flexibility index (Phi) is 2.70. The summed E-state index contributed by atoms with van der Waals surface area (Å²) < 4.78 is 0. The second-order valence-electron chi connectivity index (χ2n) is 4.56. The molecule has 0 fully saturated rings. The van der Waals surface area contributed by atoms with Gasteiger partial charge in [-0.05, 0) is 49.9 Å². The zero-order valence-corrected chi connectivity index (χ0v) is 9.88. The number of fused-ring (bicyclic) bond motifs is 1. The van der Waals surface area contributed by atoms with Crippen LogP contribution in [0.3, 0.4) is 0 Å². The van der Waals surface area contributed by atoms with Crippen molar-refractivity contribution < 1.29 is 0 Å². The highest BCUT2D eigenvalue weighted by Gasteiger charge is 2.27. The van der Waals surface area contributed by atoms with Gasteiger partial charge >= 0.3 is 0 Å². The Labute approximate surface area is 92.1 Å². The van der Waals surface area contributed by atoms with Crippen molar-refractivity contribution in [2.75, 3.05) is 18.5 Å². The smallest absolute Gasteiger partial charge is 0.0431 e. The Balaban J connectivity index is 2.37. The highest BCUT2D eigenvalue weighted by molar-refractivity contribution is 5.65. The molecule has 0 aliphatic carbocycles. The molecule has 2 heteroatoms. The van der Waals surface area contributed by atoms with Crippen molar-refractivity contribution in [1.82, 2.24) is 0 Å². The molecule has 1 aliphatic rings. The van der Waals surface area contributed by atoms with Gasteiger partial charge in [0, 0.05) is 18.8 Å². The van der Waals surface area contributed by atoms with Gasteiger partial charge in [0.1, 0.15) is 0 Å². The highest BCUT2D eigenvalue weighted by atomic mass is 15.2. The summed E-state index contributed by atoms with van der Waals surface area (Å²) in [6.07, 6.45) is 2.24. The second kappa shape index (κ2) is 3.86. The van der Waals surface area contributed by atoms with Gasteiger partial charge in [-0.15, -0.1) is 0 Å². The number of rotatable bonds is 2. The molecule has 1 aromatic carbocycles. The van der Waals surface area contributed by atoms with Crippen LogP contribution < -0.4 is 10.6 Å².